The largest absolute Gasteiger partial charge is 0.415 e. The first-order valence-corrected chi connectivity index (χ1v) is 10.4. The summed E-state index contributed by atoms with van der Waals surface area (Å²) in [6.45, 7) is 4.43. The van der Waals surface area contributed by atoms with Gasteiger partial charge in [-0.15, -0.1) is 11.3 Å². The average Bonchev–Trinajstić information content (AvgIpc) is 3.35. The van der Waals surface area contributed by atoms with Crippen molar-refractivity contribution in [3.8, 4) is 5.06 Å². The summed E-state index contributed by atoms with van der Waals surface area (Å²) in [6, 6.07) is 9.77. The zero-order valence-corrected chi connectivity index (χ0v) is 16.0. The van der Waals surface area contributed by atoms with E-state index in [1.165, 1.54) is 37.3 Å². The molecule has 0 aliphatic carbocycles. The molecule has 0 spiro atoms. The minimum atomic E-state index is 0.139. The monoisotopic (exact) mass is 387 g/mol. The molecule has 1 aliphatic heterocycles. The van der Waals surface area contributed by atoms with E-state index in [9.17, 15) is 0 Å². The zero-order valence-electron chi connectivity index (χ0n) is 14.4. The first-order chi connectivity index (χ1) is 12.8. The van der Waals surface area contributed by atoms with Gasteiger partial charge in [0.05, 0.1) is 15.9 Å². The third-order valence-electron chi connectivity index (χ3n) is 4.21. The van der Waals surface area contributed by atoms with Crippen LogP contribution in [-0.2, 0) is 0 Å². The lowest BCUT2D eigenvalue weighted by Gasteiger charge is -2.13. The smallest absolute Gasteiger partial charge is 0.293 e. The molecule has 8 heteroatoms. The van der Waals surface area contributed by atoms with E-state index in [2.05, 4.69) is 20.2 Å². The predicted molar refractivity (Wildman–Crippen MR) is 110 cm³/mol. The standard InChI is InChI=1S/C18H21N5OS2/c19-17(24-16-4-3-11-25-16)21-13-5-6-14-15(12-13)26-18(22-14)20-7-10-23-8-1-2-9-23/h3-6,11-12H,1-2,7-10H2,(H2,19,21)(H,20,22). The second-order valence-electron chi connectivity index (χ2n) is 6.13. The number of fused-ring (bicyclic) bond motifs is 1. The molecule has 1 saturated heterocycles. The van der Waals surface area contributed by atoms with Crippen LogP contribution in [0, 0.1) is 0 Å². The van der Waals surface area contributed by atoms with Crippen LogP contribution in [0.2, 0.25) is 0 Å². The van der Waals surface area contributed by atoms with Gasteiger partial charge in [0.2, 0.25) is 0 Å². The number of thiazole rings is 1. The Morgan fingerprint density at radius 1 is 1.31 bits per heavy atom. The number of anilines is 1. The zero-order chi connectivity index (χ0) is 17.8. The summed E-state index contributed by atoms with van der Waals surface area (Å²) in [5.74, 6) is 0. The van der Waals surface area contributed by atoms with Crippen molar-refractivity contribution in [2.75, 3.05) is 31.5 Å². The number of thiophene rings is 1. The van der Waals surface area contributed by atoms with Gasteiger partial charge in [-0.25, -0.2) is 4.98 Å². The molecular formula is C18H21N5OS2. The van der Waals surface area contributed by atoms with Gasteiger partial charge >= 0.3 is 0 Å². The molecule has 136 valence electrons. The van der Waals surface area contributed by atoms with Crippen molar-refractivity contribution in [1.29, 1.82) is 0 Å². The second-order valence-corrected chi connectivity index (χ2v) is 8.07. The van der Waals surface area contributed by atoms with Gasteiger partial charge < -0.3 is 20.7 Å². The molecule has 3 aromatic rings. The number of rotatable bonds is 6. The van der Waals surface area contributed by atoms with Gasteiger partial charge in [0.1, 0.15) is 0 Å². The highest BCUT2D eigenvalue weighted by Crippen LogP contribution is 2.29. The van der Waals surface area contributed by atoms with E-state index in [1.54, 1.807) is 11.3 Å². The Morgan fingerprint density at radius 2 is 2.19 bits per heavy atom. The number of nitrogens with one attached hydrogen (secondary N) is 1. The molecule has 0 atom stereocenters. The molecule has 1 aromatic carbocycles. The number of benzene rings is 1. The molecule has 26 heavy (non-hydrogen) atoms. The maximum atomic E-state index is 5.88. The van der Waals surface area contributed by atoms with Crippen LogP contribution in [0.5, 0.6) is 5.06 Å². The summed E-state index contributed by atoms with van der Waals surface area (Å²) in [5, 5.41) is 7.05. The lowest BCUT2D eigenvalue weighted by molar-refractivity contribution is 0.352. The molecule has 4 rings (SSSR count). The Morgan fingerprint density at radius 3 is 3.00 bits per heavy atom. The quantitative estimate of drug-likeness (QED) is 0.496. The Kier molecular flexibility index (Phi) is 5.33. The highest BCUT2D eigenvalue weighted by atomic mass is 32.1. The van der Waals surface area contributed by atoms with Gasteiger partial charge in [-0.2, -0.15) is 4.99 Å². The third-order valence-corrected chi connectivity index (χ3v) is 5.94. The number of amidine groups is 1. The average molecular weight is 388 g/mol. The van der Waals surface area contributed by atoms with Crippen molar-refractivity contribution in [3.63, 3.8) is 0 Å². The van der Waals surface area contributed by atoms with Gasteiger partial charge in [0.25, 0.3) is 6.02 Å². The van der Waals surface area contributed by atoms with Gasteiger partial charge in [0.15, 0.2) is 10.2 Å². The van der Waals surface area contributed by atoms with Gasteiger partial charge in [-0.1, -0.05) is 11.3 Å². The van der Waals surface area contributed by atoms with Crippen LogP contribution in [0.25, 0.3) is 10.2 Å². The van der Waals surface area contributed by atoms with Crippen molar-refractivity contribution in [3.05, 3.63) is 35.7 Å². The number of aromatic nitrogens is 1. The fraction of sp³-hybridized carbons (Fsp3) is 0.333. The lowest BCUT2D eigenvalue weighted by atomic mass is 10.3. The van der Waals surface area contributed by atoms with Gasteiger partial charge in [0, 0.05) is 13.1 Å². The Labute approximate surface area is 160 Å². The maximum Gasteiger partial charge on any atom is 0.293 e. The molecule has 6 nitrogen and oxygen atoms in total. The van der Waals surface area contributed by atoms with Crippen molar-refractivity contribution in [2.45, 2.75) is 12.8 Å². The van der Waals surface area contributed by atoms with Crippen LogP contribution in [0.4, 0.5) is 10.8 Å². The highest BCUT2D eigenvalue weighted by Gasteiger charge is 2.11. The third kappa shape index (κ3) is 4.32. The molecular weight excluding hydrogens is 366 g/mol. The topological polar surface area (TPSA) is 75.8 Å². The molecule has 1 fully saturated rings. The van der Waals surface area contributed by atoms with Gasteiger partial charge in [-0.05, 0) is 61.6 Å². The van der Waals surface area contributed by atoms with Crippen LogP contribution in [0.1, 0.15) is 12.8 Å². The van der Waals surface area contributed by atoms with Crippen LogP contribution in [-0.4, -0.2) is 42.1 Å². The van der Waals surface area contributed by atoms with E-state index in [-0.39, 0.29) is 6.02 Å². The fourth-order valence-electron chi connectivity index (χ4n) is 2.96. The Balaban J connectivity index is 1.40. The van der Waals surface area contributed by atoms with Crippen LogP contribution >= 0.6 is 22.7 Å². The molecule has 0 bridgehead atoms. The molecule has 2 aromatic heterocycles. The first-order valence-electron chi connectivity index (χ1n) is 8.69. The minimum absolute atomic E-state index is 0.139. The molecule has 3 N–H and O–H groups in total. The summed E-state index contributed by atoms with van der Waals surface area (Å²) < 4.78 is 6.58. The van der Waals surface area contributed by atoms with Crippen LogP contribution in [0.3, 0.4) is 0 Å². The highest BCUT2D eigenvalue weighted by molar-refractivity contribution is 7.22. The fourth-order valence-corrected chi connectivity index (χ4v) is 4.47. The van der Waals surface area contributed by atoms with E-state index >= 15 is 0 Å². The second kappa shape index (κ2) is 8.03. The van der Waals surface area contributed by atoms with E-state index in [4.69, 9.17) is 10.5 Å². The summed E-state index contributed by atoms with van der Waals surface area (Å²) in [6.07, 6.45) is 2.65. The number of likely N-dealkylation sites (tertiary alicyclic amines) is 1. The van der Waals surface area contributed by atoms with Crippen molar-refractivity contribution >= 4 is 49.7 Å². The summed E-state index contributed by atoms with van der Waals surface area (Å²) in [7, 11) is 0. The first kappa shape index (κ1) is 17.3. The van der Waals surface area contributed by atoms with E-state index in [1.807, 2.05) is 35.7 Å². The number of aliphatic imine (C=N–C) groups is 1. The van der Waals surface area contributed by atoms with Crippen LogP contribution in [0.15, 0.2) is 40.7 Å². The Bertz CT molecular complexity index is 884. The predicted octanol–water partition coefficient (Wildman–Crippen LogP) is 3.89. The normalized spacial score (nSPS) is 15.6. The van der Waals surface area contributed by atoms with E-state index in [0.29, 0.717) is 0 Å². The van der Waals surface area contributed by atoms with Crippen LogP contribution < -0.4 is 15.8 Å². The summed E-state index contributed by atoms with van der Waals surface area (Å²) in [4.78, 5) is 11.5. The maximum absolute atomic E-state index is 5.88. The molecule has 3 heterocycles. The van der Waals surface area contributed by atoms with Crippen molar-refractivity contribution in [2.24, 2.45) is 10.7 Å². The molecule has 0 unspecified atom stereocenters. The number of hydrogen-bond donors (Lipinski definition) is 2. The Hall–Kier alpha value is -2.16. The number of ether oxygens (including phenoxy) is 1. The lowest BCUT2D eigenvalue weighted by Crippen LogP contribution is -2.25. The number of nitrogens with two attached hydrogens (primary N) is 1. The molecule has 0 saturated carbocycles. The van der Waals surface area contributed by atoms with Gasteiger partial charge in [-0.3, -0.25) is 0 Å². The summed E-state index contributed by atoms with van der Waals surface area (Å²) >= 11 is 3.12. The summed E-state index contributed by atoms with van der Waals surface area (Å²) in [5.41, 5.74) is 7.61. The molecule has 1 aliphatic rings. The van der Waals surface area contributed by atoms with E-state index in [0.717, 1.165) is 39.2 Å². The van der Waals surface area contributed by atoms with Crippen molar-refractivity contribution in [1.82, 2.24) is 9.88 Å². The number of hydrogen-bond acceptors (Lipinski definition) is 7. The number of nitrogens with zero attached hydrogens (tertiary/aromatic N) is 3. The SMILES string of the molecule is NC(=Nc1ccc2nc(NCCN3CCCC3)sc2c1)Oc1cccs1. The molecule has 0 amide bonds. The minimum Gasteiger partial charge on any atom is -0.415 e. The molecule has 0 radical (unpaired) electrons. The van der Waals surface area contributed by atoms with E-state index < -0.39 is 0 Å². The van der Waals surface area contributed by atoms with Crippen molar-refractivity contribution < 1.29 is 4.74 Å².